The smallest absolute Gasteiger partial charge is 0.164 e. The quantitative estimate of drug-likeness (QED) is 0.928. The van der Waals surface area contributed by atoms with Gasteiger partial charge in [0.15, 0.2) is 5.78 Å². The van der Waals surface area contributed by atoms with Crippen LogP contribution in [-0.2, 0) is 13.0 Å². The molecule has 0 spiro atoms. The summed E-state index contributed by atoms with van der Waals surface area (Å²) in [6.07, 6.45) is 3.68. The highest BCUT2D eigenvalue weighted by Crippen LogP contribution is 2.28. The summed E-state index contributed by atoms with van der Waals surface area (Å²) in [7, 11) is 1.95. The Balaban J connectivity index is 2.03. The second-order valence-electron chi connectivity index (χ2n) is 5.68. The van der Waals surface area contributed by atoms with Crippen molar-refractivity contribution in [3.63, 3.8) is 0 Å². The van der Waals surface area contributed by atoms with Gasteiger partial charge in [0.1, 0.15) is 0 Å². The molecule has 0 saturated carbocycles. The van der Waals surface area contributed by atoms with Gasteiger partial charge in [-0.25, -0.2) is 0 Å². The lowest BCUT2D eigenvalue weighted by atomic mass is 9.88. The molecule has 0 bridgehead atoms. The molecule has 20 heavy (non-hydrogen) atoms. The van der Waals surface area contributed by atoms with Gasteiger partial charge in [-0.1, -0.05) is 19.1 Å². The van der Waals surface area contributed by atoms with E-state index < -0.39 is 0 Å². The summed E-state index contributed by atoms with van der Waals surface area (Å²) in [5.41, 5.74) is 4.46. The first-order valence-corrected chi connectivity index (χ1v) is 7.16. The standard InChI is InChI=1S/C17H20N2O/c1-12-8-16-15(17(20)9-12)6-7-19(16)14-5-3-4-13(10-14)11-18-2/h3-7,10,12,18H,8-9,11H2,1-2H3. The number of benzene rings is 1. The summed E-state index contributed by atoms with van der Waals surface area (Å²) in [4.78, 5) is 12.1. The van der Waals surface area contributed by atoms with E-state index >= 15 is 0 Å². The van der Waals surface area contributed by atoms with Crippen molar-refractivity contribution in [1.82, 2.24) is 9.88 Å². The van der Waals surface area contributed by atoms with Crippen molar-refractivity contribution in [1.29, 1.82) is 0 Å². The number of carbonyl (C=O) groups is 1. The van der Waals surface area contributed by atoms with E-state index in [1.54, 1.807) is 0 Å². The van der Waals surface area contributed by atoms with Crippen molar-refractivity contribution in [2.75, 3.05) is 7.05 Å². The maximum absolute atomic E-state index is 12.1. The number of carbonyl (C=O) groups excluding carboxylic acids is 1. The van der Waals surface area contributed by atoms with Crippen molar-refractivity contribution < 1.29 is 4.79 Å². The minimum absolute atomic E-state index is 0.281. The second-order valence-corrected chi connectivity index (χ2v) is 5.68. The molecule has 0 fully saturated rings. The van der Waals surface area contributed by atoms with E-state index in [1.807, 2.05) is 19.3 Å². The number of Topliss-reactive ketones (excluding diaryl/α,β-unsaturated/α-hetero) is 1. The zero-order valence-electron chi connectivity index (χ0n) is 12.0. The van der Waals surface area contributed by atoms with E-state index in [1.165, 1.54) is 5.56 Å². The van der Waals surface area contributed by atoms with E-state index in [0.717, 1.165) is 29.9 Å². The summed E-state index contributed by atoms with van der Waals surface area (Å²) in [5.74, 6) is 0.716. The Morgan fingerprint density at radius 1 is 1.30 bits per heavy atom. The van der Waals surface area contributed by atoms with Gasteiger partial charge in [-0.05, 0) is 43.1 Å². The molecule has 1 aromatic carbocycles. The normalized spacial score (nSPS) is 18.1. The number of ketones is 1. The number of hydrogen-bond donors (Lipinski definition) is 1. The minimum Gasteiger partial charge on any atom is -0.320 e. The molecule has 3 heteroatoms. The molecule has 3 nitrogen and oxygen atoms in total. The van der Waals surface area contributed by atoms with Gasteiger partial charge < -0.3 is 9.88 Å². The van der Waals surface area contributed by atoms with Gasteiger partial charge in [0.25, 0.3) is 0 Å². The third-order valence-corrected chi connectivity index (χ3v) is 3.94. The third-order valence-electron chi connectivity index (χ3n) is 3.94. The van der Waals surface area contributed by atoms with Gasteiger partial charge in [0.2, 0.25) is 0 Å². The molecule has 104 valence electrons. The lowest BCUT2D eigenvalue weighted by Crippen LogP contribution is -2.19. The van der Waals surface area contributed by atoms with Crippen LogP contribution in [0, 0.1) is 5.92 Å². The van der Waals surface area contributed by atoms with Crippen LogP contribution in [0.4, 0.5) is 0 Å². The van der Waals surface area contributed by atoms with E-state index in [9.17, 15) is 4.79 Å². The Bertz CT molecular complexity index is 642. The molecule has 0 saturated heterocycles. The number of aromatic nitrogens is 1. The van der Waals surface area contributed by atoms with E-state index in [0.29, 0.717) is 12.3 Å². The van der Waals surface area contributed by atoms with Crippen LogP contribution in [0.15, 0.2) is 36.5 Å². The molecule has 1 aliphatic carbocycles. The predicted octanol–water partition coefficient (Wildman–Crippen LogP) is 2.96. The fourth-order valence-electron chi connectivity index (χ4n) is 3.02. The lowest BCUT2D eigenvalue weighted by molar-refractivity contribution is 0.0952. The van der Waals surface area contributed by atoms with Crippen molar-refractivity contribution >= 4 is 5.78 Å². The predicted molar refractivity (Wildman–Crippen MR) is 80.3 cm³/mol. The Morgan fingerprint density at radius 3 is 2.95 bits per heavy atom. The highest BCUT2D eigenvalue weighted by molar-refractivity contribution is 5.98. The van der Waals surface area contributed by atoms with Crippen molar-refractivity contribution in [3.8, 4) is 5.69 Å². The van der Waals surface area contributed by atoms with Gasteiger partial charge in [-0.2, -0.15) is 0 Å². The average molecular weight is 268 g/mol. The highest BCUT2D eigenvalue weighted by atomic mass is 16.1. The van der Waals surface area contributed by atoms with Crippen LogP contribution in [0.2, 0.25) is 0 Å². The van der Waals surface area contributed by atoms with E-state index in [2.05, 4.69) is 41.1 Å². The molecule has 1 aromatic heterocycles. The largest absolute Gasteiger partial charge is 0.320 e. The van der Waals surface area contributed by atoms with Gasteiger partial charge in [-0.3, -0.25) is 4.79 Å². The zero-order valence-corrected chi connectivity index (χ0v) is 12.0. The maximum atomic E-state index is 12.1. The molecule has 0 amide bonds. The summed E-state index contributed by atoms with van der Waals surface area (Å²) in [5, 5.41) is 3.17. The highest BCUT2D eigenvalue weighted by Gasteiger charge is 2.25. The number of nitrogens with zero attached hydrogens (tertiary/aromatic N) is 1. The summed E-state index contributed by atoms with van der Waals surface area (Å²) in [6.45, 7) is 3.00. The molecule has 1 atom stereocenters. The van der Waals surface area contributed by atoms with Gasteiger partial charge in [-0.15, -0.1) is 0 Å². The monoisotopic (exact) mass is 268 g/mol. The van der Waals surface area contributed by atoms with Crippen LogP contribution in [0.25, 0.3) is 5.69 Å². The lowest BCUT2D eigenvalue weighted by Gasteiger charge is -2.20. The first kappa shape index (κ1) is 13.1. The zero-order chi connectivity index (χ0) is 14.1. The van der Waals surface area contributed by atoms with Crippen LogP contribution in [0.3, 0.4) is 0 Å². The molecule has 1 N–H and O–H groups in total. The maximum Gasteiger partial charge on any atom is 0.164 e. The fourth-order valence-corrected chi connectivity index (χ4v) is 3.02. The van der Waals surface area contributed by atoms with Crippen LogP contribution >= 0.6 is 0 Å². The van der Waals surface area contributed by atoms with Crippen molar-refractivity contribution in [2.24, 2.45) is 5.92 Å². The number of nitrogens with one attached hydrogen (secondary N) is 1. The molecule has 2 aromatic rings. The molecule has 1 unspecified atom stereocenters. The molecular weight excluding hydrogens is 248 g/mol. The molecule has 0 aliphatic heterocycles. The van der Waals surface area contributed by atoms with E-state index in [-0.39, 0.29) is 5.78 Å². The fraction of sp³-hybridized carbons (Fsp3) is 0.353. The first-order chi connectivity index (χ1) is 9.69. The number of hydrogen-bond acceptors (Lipinski definition) is 2. The van der Waals surface area contributed by atoms with Gasteiger partial charge in [0, 0.05) is 36.1 Å². The summed E-state index contributed by atoms with van der Waals surface area (Å²) < 4.78 is 2.17. The Hall–Kier alpha value is -1.87. The topological polar surface area (TPSA) is 34.0 Å². The summed E-state index contributed by atoms with van der Waals surface area (Å²) >= 11 is 0. The number of fused-ring (bicyclic) bond motifs is 1. The van der Waals surface area contributed by atoms with Crippen molar-refractivity contribution in [2.45, 2.75) is 26.3 Å². The third kappa shape index (κ3) is 2.29. The van der Waals surface area contributed by atoms with Gasteiger partial charge >= 0.3 is 0 Å². The average Bonchev–Trinajstić information content (AvgIpc) is 2.83. The molecule has 1 aliphatic rings. The van der Waals surface area contributed by atoms with Crippen molar-refractivity contribution in [3.05, 3.63) is 53.3 Å². The van der Waals surface area contributed by atoms with Crippen LogP contribution in [-0.4, -0.2) is 17.4 Å². The molecule has 3 rings (SSSR count). The van der Waals surface area contributed by atoms with E-state index in [4.69, 9.17) is 0 Å². The minimum atomic E-state index is 0.281. The Kier molecular flexibility index (Phi) is 3.45. The van der Waals surface area contributed by atoms with Crippen LogP contribution in [0.5, 0.6) is 0 Å². The Morgan fingerprint density at radius 2 is 2.15 bits per heavy atom. The van der Waals surface area contributed by atoms with Gasteiger partial charge in [0.05, 0.1) is 0 Å². The Labute approximate surface area is 119 Å². The second kappa shape index (κ2) is 5.25. The van der Waals surface area contributed by atoms with Crippen LogP contribution < -0.4 is 5.32 Å². The molecule has 1 heterocycles. The molecular formula is C17H20N2O. The summed E-state index contributed by atoms with van der Waals surface area (Å²) in [6, 6.07) is 10.4. The number of rotatable bonds is 3. The van der Waals surface area contributed by atoms with Crippen LogP contribution in [0.1, 0.15) is 35.0 Å². The first-order valence-electron chi connectivity index (χ1n) is 7.16. The SMILES string of the molecule is CNCc1cccc(-n2ccc3c2CC(C)CC3=O)c1. The molecule has 0 radical (unpaired) electrons.